The van der Waals surface area contributed by atoms with Crippen LogP contribution in [0.15, 0.2) is 24.3 Å². The summed E-state index contributed by atoms with van der Waals surface area (Å²) < 4.78 is 16.5. The maximum absolute atomic E-state index is 11.9. The van der Waals surface area contributed by atoms with Crippen molar-refractivity contribution in [2.24, 2.45) is 0 Å². The molecule has 0 saturated carbocycles. The van der Waals surface area contributed by atoms with Crippen LogP contribution in [0, 0.1) is 0 Å². The fraction of sp³-hybridized carbons (Fsp3) is 0.462. The molecule has 1 aliphatic rings. The quantitative estimate of drug-likeness (QED) is 0.877. The molecule has 0 heterocycles. The first-order chi connectivity index (χ1) is 8.31. The number of alkyl halides is 1. The average Bonchev–Trinajstić information content (AvgIpc) is 2.37. The first-order valence-corrected chi connectivity index (χ1v) is 5.88. The SMILES string of the molecule is O=C(N[C@H]1CCCc2ccccc21)OCCF. The van der Waals surface area contributed by atoms with Gasteiger partial charge in [-0.1, -0.05) is 24.3 Å². The summed E-state index contributed by atoms with van der Waals surface area (Å²) in [5, 5.41) is 2.78. The second-order valence-electron chi connectivity index (χ2n) is 4.11. The third kappa shape index (κ3) is 2.96. The maximum Gasteiger partial charge on any atom is 0.407 e. The standard InChI is InChI=1S/C13H16FNO2/c14-8-9-17-13(16)15-12-7-3-5-10-4-1-2-6-11(10)12/h1-2,4,6,12H,3,5,7-9H2,(H,15,16)/t12-/m0/s1. The van der Waals surface area contributed by atoms with Gasteiger partial charge in [0.15, 0.2) is 0 Å². The molecule has 1 N–H and O–H groups in total. The molecule has 1 amide bonds. The third-order valence-electron chi connectivity index (χ3n) is 2.97. The Bertz CT molecular complexity index is 395. The predicted molar refractivity (Wildman–Crippen MR) is 62.6 cm³/mol. The number of aryl methyl sites for hydroxylation is 1. The molecule has 92 valence electrons. The van der Waals surface area contributed by atoms with Gasteiger partial charge in [-0.25, -0.2) is 9.18 Å². The fourth-order valence-electron chi connectivity index (χ4n) is 2.22. The van der Waals surface area contributed by atoms with Crippen LogP contribution in [0.2, 0.25) is 0 Å². The molecule has 0 bridgehead atoms. The van der Waals surface area contributed by atoms with E-state index in [1.54, 1.807) is 0 Å². The summed E-state index contributed by atoms with van der Waals surface area (Å²) in [7, 11) is 0. The highest BCUT2D eigenvalue weighted by Gasteiger charge is 2.21. The normalized spacial score (nSPS) is 18.3. The Labute approximate surface area is 100.0 Å². The van der Waals surface area contributed by atoms with Gasteiger partial charge in [-0.15, -0.1) is 0 Å². The molecule has 3 nitrogen and oxygen atoms in total. The molecule has 0 saturated heterocycles. The minimum Gasteiger partial charge on any atom is -0.447 e. The van der Waals surface area contributed by atoms with Crippen LogP contribution in [0.4, 0.5) is 9.18 Å². The summed E-state index contributed by atoms with van der Waals surface area (Å²) >= 11 is 0. The minimum atomic E-state index is -0.644. The summed E-state index contributed by atoms with van der Waals surface area (Å²) in [6.07, 6.45) is 2.46. The summed E-state index contributed by atoms with van der Waals surface area (Å²) in [5.74, 6) is 0. The summed E-state index contributed by atoms with van der Waals surface area (Å²) in [6, 6.07) is 8.06. The van der Waals surface area contributed by atoms with Gasteiger partial charge in [0.2, 0.25) is 0 Å². The Morgan fingerprint density at radius 1 is 1.47 bits per heavy atom. The van der Waals surface area contributed by atoms with Crippen LogP contribution < -0.4 is 5.32 Å². The van der Waals surface area contributed by atoms with E-state index in [1.807, 2.05) is 18.2 Å². The maximum atomic E-state index is 11.9. The zero-order chi connectivity index (χ0) is 12.1. The van der Waals surface area contributed by atoms with Gasteiger partial charge in [-0.2, -0.15) is 0 Å². The van der Waals surface area contributed by atoms with Crippen LogP contribution in [0.25, 0.3) is 0 Å². The highest BCUT2D eigenvalue weighted by atomic mass is 19.1. The number of rotatable bonds is 3. The van der Waals surface area contributed by atoms with Crippen molar-refractivity contribution in [3.63, 3.8) is 0 Å². The number of hydrogen-bond donors (Lipinski definition) is 1. The molecule has 1 aromatic carbocycles. The summed E-state index contributed by atoms with van der Waals surface area (Å²) in [5.41, 5.74) is 2.42. The topological polar surface area (TPSA) is 38.3 Å². The van der Waals surface area contributed by atoms with E-state index in [4.69, 9.17) is 0 Å². The van der Waals surface area contributed by atoms with Crippen molar-refractivity contribution in [3.8, 4) is 0 Å². The second-order valence-corrected chi connectivity index (χ2v) is 4.11. The number of carbonyl (C=O) groups excluding carboxylic acids is 1. The van der Waals surface area contributed by atoms with E-state index in [2.05, 4.69) is 16.1 Å². The second kappa shape index (κ2) is 5.66. The van der Waals surface area contributed by atoms with Crippen molar-refractivity contribution >= 4 is 6.09 Å². The van der Waals surface area contributed by atoms with Crippen LogP contribution in [-0.2, 0) is 11.2 Å². The van der Waals surface area contributed by atoms with Crippen molar-refractivity contribution in [2.75, 3.05) is 13.3 Å². The monoisotopic (exact) mass is 237 g/mol. The Kier molecular flexibility index (Phi) is 3.96. The van der Waals surface area contributed by atoms with Crippen molar-refractivity contribution in [2.45, 2.75) is 25.3 Å². The van der Waals surface area contributed by atoms with Gasteiger partial charge in [0.1, 0.15) is 13.3 Å². The summed E-state index contributed by atoms with van der Waals surface area (Å²) in [6.45, 7) is -0.825. The van der Waals surface area contributed by atoms with E-state index >= 15 is 0 Å². The van der Waals surface area contributed by atoms with Gasteiger partial charge in [-0.3, -0.25) is 0 Å². The summed E-state index contributed by atoms with van der Waals surface area (Å²) in [4.78, 5) is 11.4. The molecule has 1 aromatic rings. The molecule has 0 radical (unpaired) electrons. The van der Waals surface area contributed by atoms with Crippen molar-refractivity contribution < 1.29 is 13.9 Å². The molecule has 1 aliphatic carbocycles. The Hall–Kier alpha value is -1.58. The van der Waals surface area contributed by atoms with Gasteiger partial charge >= 0.3 is 6.09 Å². The fourth-order valence-corrected chi connectivity index (χ4v) is 2.22. The largest absolute Gasteiger partial charge is 0.447 e. The third-order valence-corrected chi connectivity index (χ3v) is 2.97. The van der Waals surface area contributed by atoms with E-state index in [9.17, 15) is 9.18 Å². The Morgan fingerprint density at radius 3 is 3.12 bits per heavy atom. The van der Waals surface area contributed by atoms with E-state index < -0.39 is 12.8 Å². The zero-order valence-electron chi connectivity index (χ0n) is 9.62. The van der Waals surface area contributed by atoms with Crippen molar-refractivity contribution in [1.82, 2.24) is 5.32 Å². The average molecular weight is 237 g/mol. The molecular weight excluding hydrogens is 221 g/mol. The lowest BCUT2D eigenvalue weighted by atomic mass is 9.88. The Morgan fingerprint density at radius 2 is 2.29 bits per heavy atom. The number of benzene rings is 1. The molecular formula is C13H16FNO2. The van der Waals surface area contributed by atoms with Gasteiger partial charge in [0, 0.05) is 0 Å². The number of fused-ring (bicyclic) bond motifs is 1. The number of nitrogens with one attached hydrogen (secondary N) is 1. The minimum absolute atomic E-state index is 0.00735. The predicted octanol–water partition coefficient (Wildman–Crippen LogP) is 2.76. The van der Waals surface area contributed by atoms with Gasteiger partial charge in [-0.05, 0) is 30.4 Å². The molecule has 0 unspecified atom stereocenters. The lowest BCUT2D eigenvalue weighted by Crippen LogP contribution is -2.31. The zero-order valence-corrected chi connectivity index (χ0v) is 9.62. The number of amides is 1. The number of alkyl carbamates (subject to hydrolysis) is 1. The van der Waals surface area contributed by atoms with Crippen LogP contribution in [-0.4, -0.2) is 19.4 Å². The van der Waals surface area contributed by atoms with Crippen LogP contribution >= 0.6 is 0 Å². The van der Waals surface area contributed by atoms with E-state index in [0.717, 1.165) is 24.8 Å². The molecule has 1 atom stereocenters. The molecule has 0 fully saturated rings. The van der Waals surface area contributed by atoms with E-state index in [1.165, 1.54) is 5.56 Å². The smallest absolute Gasteiger partial charge is 0.407 e. The van der Waals surface area contributed by atoms with Gasteiger partial charge in [0.05, 0.1) is 6.04 Å². The number of hydrogen-bond acceptors (Lipinski definition) is 2. The van der Waals surface area contributed by atoms with Crippen LogP contribution in [0.3, 0.4) is 0 Å². The number of ether oxygens (including phenoxy) is 1. The van der Waals surface area contributed by atoms with Crippen molar-refractivity contribution in [1.29, 1.82) is 0 Å². The first-order valence-electron chi connectivity index (χ1n) is 5.88. The Balaban J connectivity index is 2.01. The molecule has 0 spiro atoms. The lowest BCUT2D eigenvalue weighted by molar-refractivity contribution is 0.133. The molecule has 0 aromatic heterocycles. The van der Waals surface area contributed by atoms with E-state index in [0.29, 0.717) is 0 Å². The van der Waals surface area contributed by atoms with E-state index in [-0.39, 0.29) is 12.6 Å². The molecule has 2 rings (SSSR count). The lowest BCUT2D eigenvalue weighted by Gasteiger charge is -2.25. The number of halogens is 1. The van der Waals surface area contributed by atoms with Crippen LogP contribution in [0.1, 0.15) is 30.0 Å². The number of carbonyl (C=O) groups is 1. The molecule has 0 aliphatic heterocycles. The molecule has 17 heavy (non-hydrogen) atoms. The van der Waals surface area contributed by atoms with Crippen molar-refractivity contribution in [3.05, 3.63) is 35.4 Å². The highest BCUT2D eigenvalue weighted by molar-refractivity contribution is 5.68. The van der Waals surface area contributed by atoms with Gasteiger partial charge in [0.25, 0.3) is 0 Å². The first kappa shape index (κ1) is 11.9. The highest BCUT2D eigenvalue weighted by Crippen LogP contribution is 2.29. The molecule has 4 heteroatoms. The van der Waals surface area contributed by atoms with Crippen LogP contribution in [0.5, 0.6) is 0 Å². The van der Waals surface area contributed by atoms with Gasteiger partial charge < -0.3 is 10.1 Å².